The Morgan fingerprint density at radius 1 is 1.36 bits per heavy atom. The summed E-state index contributed by atoms with van der Waals surface area (Å²) in [6, 6.07) is 8.45. The van der Waals surface area contributed by atoms with E-state index in [-0.39, 0.29) is 17.7 Å². The molecule has 2 aromatic rings. The Morgan fingerprint density at radius 2 is 2.24 bits per heavy atom. The van der Waals surface area contributed by atoms with Crippen LogP contribution in [0.15, 0.2) is 41.8 Å². The maximum Gasteiger partial charge on any atom is 0.323 e. The topological polar surface area (TPSA) is 54.5 Å². The minimum atomic E-state index is -2.57. The fourth-order valence-electron chi connectivity index (χ4n) is 2.44. The highest BCUT2D eigenvalue weighted by atomic mass is 32.1. The molecule has 8 heteroatoms. The number of nitrogens with one attached hydrogen (secondary N) is 1. The molecule has 0 atom stereocenters. The highest BCUT2D eigenvalue weighted by Crippen LogP contribution is 2.26. The molecule has 2 amide bonds. The van der Waals surface area contributed by atoms with Gasteiger partial charge in [0, 0.05) is 24.0 Å². The Kier molecular flexibility index (Phi) is 5.60. The van der Waals surface area contributed by atoms with Gasteiger partial charge in [0.2, 0.25) is 5.88 Å². The first-order valence-corrected chi connectivity index (χ1v) is 8.66. The summed E-state index contributed by atoms with van der Waals surface area (Å²) in [7, 11) is 0. The summed E-state index contributed by atoms with van der Waals surface area (Å²) in [4.78, 5) is 19.2. The lowest BCUT2D eigenvalue weighted by atomic mass is 10.1. The zero-order chi connectivity index (χ0) is 17.6. The Hall–Kier alpha value is -2.48. The number of anilines is 1. The van der Waals surface area contributed by atoms with Gasteiger partial charge in [0.1, 0.15) is 5.82 Å². The Labute approximate surface area is 147 Å². The van der Waals surface area contributed by atoms with Crippen LogP contribution >= 0.6 is 11.3 Å². The van der Waals surface area contributed by atoms with Crippen LogP contribution in [-0.4, -0.2) is 42.0 Å². The molecular formula is C17H17F2N3O2S. The molecule has 3 heterocycles. The average Bonchev–Trinajstić information content (AvgIpc) is 3.15. The van der Waals surface area contributed by atoms with Crippen LogP contribution in [0.5, 0.6) is 5.88 Å². The molecule has 0 bridgehead atoms. The molecule has 3 rings (SSSR count). The summed E-state index contributed by atoms with van der Waals surface area (Å²) in [5.41, 5.74) is 1.25. The van der Waals surface area contributed by atoms with Crippen molar-refractivity contribution in [3.8, 4) is 5.88 Å². The number of carbonyl (C=O) groups excluding carboxylic acids is 1. The normalized spacial score (nSPS) is 14.4. The quantitative estimate of drug-likeness (QED) is 0.868. The standard InChI is InChI=1S/C17H17F2N3O2S/c18-14(19)11-24-16-5-1-4-15(20-16)21-17(23)22-8-6-12(7-9-22)13-3-2-10-25-13/h1-6,10,14H,7-9,11H2,(H,20,21,23). The van der Waals surface area contributed by atoms with Gasteiger partial charge in [0.15, 0.2) is 6.61 Å². The van der Waals surface area contributed by atoms with E-state index in [0.29, 0.717) is 13.1 Å². The molecule has 0 aliphatic carbocycles. The smallest absolute Gasteiger partial charge is 0.323 e. The van der Waals surface area contributed by atoms with Crippen LogP contribution in [0.3, 0.4) is 0 Å². The van der Waals surface area contributed by atoms with Crippen molar-refractivity contribution < 1.29 is 18.3 Å². The van der Waals surface area contributed by atoms with E-state index in [1.54, 1.807) is 28.4 Å². The van der Waals surface area contributed by atoms with Crippen LogP contribution in [0.2, 0.25) is 0 Å². The minimum absolute atomic E-state index is 0.0524. The molecule has 0 unspecified atom stereocenters. The zero-order valence-electron chi connectivity index (χ0n) is 13.3. The number of nitrogens with zero attached hydrogens (tertiary/aromatic N) is 2. The first-order valence-electron chi connectivity index (χ1n) is 7.78. The van der Waals surface area contributed by atoms with Gasteiger partial charge in [0.05, 0.1) is 0 Å². The fourth-order valence-corrected chi connectivity index (χ4v) is 3.24. The van der Waals surface area contributed by atoms with Crippen molar-refractivity contribution in [3.63, 3.8) is 0 Å². The van der Waals surface area contributed by atoms with Crippen LogP contribution in [-0.2, 0) is 0 Å². The Morgan fingerprint density at radius 3 is 2.92 bits per heavy atom. The van der Waals surface area contributed by atoms with Crippen molar-refractivity contribution in [3.05, 3.63) is 46.7 Å². The van der Waals surface area contributed by atoms with Gasteiger partial charge in [-0.15, -0.1) is 11.3 Å². The van der Waals surface area contributed by atoms with Crippen LogP contribution in [0.25, 0.3) is 5.57 Å². The second-order valence-corrected chi connectivity index (χ2v) is 6.34. The molecule has 5 nitrogen and oxygen atoms in total. The van der Waals surface area contributed by atoms with E-state index in [1.165, 1.54) is 16.5 Å². The van der Waals surface area contributed by atoms with Crippen LogP contribution in [0.1, 0.15) is 11.3 Å². The molecule has 1 N–H and O–H groups in total. The van der Waals surface area contributed by atoms with Crippen molar-refractivity contribution in [2.24, 2.45) is 0 Å². The molecule has 0 radical (unpaired) electrons. The lowest BCUT2D eigenvalue weighted by Gasteiger charge is -2.26. The summed E-state index contributed by atoms with van der Waals surface area (Å²) in [6.07, 6.45) is 0.265. The zero-order valence-corrected chi connectivity index (χ0v) is 14.1. The predicted octanol–water partition coefficient (Wildman–Crippen LogP) is 4.11. The molecule has 0 fully saturated rings. The predicted molar refractivity (Wildman–Crippen MR) is 93.2 cm³/mol. The SMILES string of the molecule is O=C(Nc1cccc(OCC(F)F)n1)N1CC=C(c2cccs2)CC1. The minimum Gasteiger partial charge on any atom is -0.472 e. The maximum absolute atomic E-state index is 12.3. The van der Waals surface area contributed by atoms with Gasteiger partial charge in [-0.05, 0) is 29.5 Å². The van der Waals surface area contributed by atoms with Gasteiger partial charge in [-0.1, -0.05) is 18.2 Å². The highest BCUT2D eigenvalue weighted by Gasteiger charge is 2.19. The largest absolute Gasteiger partial charge is 0.472 e. The number of hydrogen-bond acceptors (Lipinski definition) is 4. The number of carbonyl (C=O) groups is 1. The molecule has 0 saturated heterocycles. The van der Waals surface area contributed by atoms with Crippen molar-refractivity contribution in [2.75, 3.05) is 25.0 Å². The number of amides is 2. The number of ether oxygens (including phenoxy) is 1. The third kappa shape index (κ3) is 4.76. The third-order valence-electron chi connectivity index (χ3n) is 3.65. The van der Waals surface area contributed by atoms with Gasteiger partial charge < -0.3 is 9.64 Å². The third-order valence-corrected chi connectivity index (χ3v) is 4.60. The van der Waals surface area contributed by atoms with E-state index < -0.39 is 13.0 Å². The van der Waals surface area contributed by atoms with E-state index in [0.717, 1.165) is 6.42 Å². The number of aromatic nitrogens is 1. The molecular weight excluding hydrogens is 348 g/mol. The molecule has 0 spiro atoms. The van der Waals surface area contributed by atoms with Gasteiger partial charge in [-0.2, -0.15) is 4.98 Å². The Balaban J connectivity index is 1.57. The van der Waals surface area contributed by atoms with E-state index in [2.05, 4.69) is 16.4 Å². The van der Waals surface area contributed by atoms with Crippen LogP contribution < -0.4 is 10.1 Å². The summed E-state index contributed by atoms with van der Waals surface area (Å²) in [5, 5.41) is 4.70. The summed E-state index contributed by atoms with van der Waals surface area (Å²) >= 11 is 1.69. The number of halogens is 2. The molecule has 0 saturated carbocycles. The maximum atomic E-state index is 12.3. The first kappa shape index (κ1) is 17.3. The molecule has 132 valence electrons. The van der Waals surface area contributed by atoms with Crippen LogP contribution in [0, 0.1) is 0 Å². The number of rotatable bonds is 5. The first-order chi connectivity index (χ1) is 12.1. The summed E-state index contributed by atoms with van der Waals surface area (Å²) in [5.74, 6) is 0.321. The molecule has 0 aromatic carbocycles. The van der Waals surface area contributed by atoms with Gasteiger partial charge in [0.25, 0.3) is 6.43 Å². The number of alkyl halides is 2. The van der Waals surface area contributed by atoms with Crippen molar-refractivity contribution in [2.45, 2.75) is 12.8 Å². The monoisotopic (exact) mass is 365 g/mol. The molecule has 1 aliphatic rings. The summed E-state index contributed by atoms with van der Waals surface area (Å²) in [6.45, 7) is 0.393. The lowest BCUT2D eigenvalue weighted by Crippen LogP contribution is -2.38. The number of urea groups is 1. The number of pyridine rings is 1. The average molecular weight is 365 g/mol. The Bertz CT molecular complexity index is 750. The molecule has 2 aromatic heterocycles. The number of thiophene rings is 1. The van der Waals surface area contributed by atoms with Crippen molar-refractivity contribution >= 4 is 28.8 Å². The van der Waals surface area contributed by atoms with Crippen molar-refractivity contribution in [1.82, 2.24) is 9.88 Å². The second-order valence-electron chi connectivity index (χ2n) is 5.40. The summed E-state index contributed by atoms with van der Waals surface area (Å²) < 4.78 is 29.2. The lowest BCUT2D eigenvalue weighted by molar-refractivity contribution is 0.0796. The molecule has 25 heavy (non-hydrogen) atoms. The second kappa shape index (κ2) is 8.06. The van der Waals surface area contributed by atoms with Gasteiger partial charge in [-0.3, -0.25) is 5.32 Å². The van der Waals surface area contributed by atoms with E-state index in [4.69, 9.17) is 4.74 Å². The fraction of sp³-hybridized carbons (Fsp3) is 0.294. The van der Waals surface area contributed by atoms with E-state index >= 15 is 0 Å². The van der Waals surface area contributed by atoms with E-state index in [9.17, 15) is 13.6 Å². The van der Waals surface area contributed by atoms with Crippen LogP contribution in [0.4, 0.5) is 19.4 Å². The highest BCUT2D eigenvalue weighted by molar-refractivity contribution is 7.11. The van der Waals surface area contributed by atoms with Gasteiger partial charge >= 0.3 is 6.03 Å². The number of hydrogen-bond donors (Lipinski definition) is 1. The van der Waals surface area contributed by atoms with Gasteiger partial charge in [-0.25, -0.2) is 13.6 Å². The molecule has 1 aliphatic heterocycles. The van der Waals surface area contributed by atoms with Crippen molar-refractivity contribution in [1.29, 1.82) is 0 Å². The van der Waals surface area contributed by atoms with E-state index in [1.807, 2.05) is 17.5 Å².